The van der Waals surface area contributed by atoms with Gasteiger partial charge < -0.3 is 4.90 Å². The van der Waals surface area contributed by atoms with Crippen molar-refractivity contribution < 1.29 is 9.59 Å². The molecule has 0 N–H and O–H groups in total. The van der Waals surface area contributed by atoms with E-state index in [-0.39, 0.29) is 24.2 Å². The molecule has 1 heterocycles. The maximum absolute atomic E-state index is 13.0. The molecule has 0 aromatic heterocycles. The van der Waals surface area contributed by atoms with Crippen LogP contribution in [0.2, 0.25) is 0 Å². The molecule has 0 saturated carbocycles. The second-order valence-electron chi connectivity index (χ2n) is 7.13. The molecule has 138 valence electrons. The molecule has 1 aromatic rings. The molecule has 1 spiro atoms. The van der Waals surface area contributed by atoms with E-state index in [1.54, 1.807) is 0 Å². The molecule has 1 aromatic carbocycles. The molecular weight excluding hydrogens is 336 g/mol. The Morgan fingerprint density at radius 3 is 2.44 bits per heavy atom. The molecule has 1 atom stereocenters. The molecule has 0 radical (unpaired) electrons. The van der Waals surface area contributed by atoms with Crippen molar-refractivity contribution in [2.45, 2.75) is 46.0 Å². The molecule has 2 aliphatic rings. The van der Waals surface area contributed by atoms with Crippen LogP contribution in [0.5, 0.6) is 0 Å². The largest absolute Gasteiger partial charge is 0.304 e. The van der Waals surface area contributed by atoms with E-state index in [0.717, 1.165) is 45.3 Å². The third-order valence-corrected chi connectivity index (χ3v) is 5.76. The Labute approximate surface area is 157 Å². The Morgan fingerprint density at radius 1 is 1.08 bits per heavy atom. The minimum Gasteiger partial charge on any atom is -0.304 e. The molecule has 2 amide bonds. The number of halogens is 1. The van der Waals surface area contributed by atoms with Crippen LogP contribution in [0.1, 0.15) is 44.2 Å². The Kier molecular flexibility index (Phi) is 6.64. The maximum Gasteiger partial charge on any atom is 0.236 e. The molecule has 0 bridgehead atoms. The first-order valence-electron chi connectivity index (χ1n) is 9.23. The van der Waals surface area contributed by atoms with E-state index in [4.69, 9.17) is 0 Å². The first kappa shape index (κ1) is 19.9. The molecule has 25 heavy (non-hydrogen) atoms. The highest BCUT2D eigenvalue weighted by Gasteiger charge is 2.52. The van der Waals surface area contributed by atoms with Crippen LogP contribution in [0.3, 0.4) is 0 Å². The summed E-state index contributed by atoms with van der Waals surface area (Å²) in [6, 6.07) is 8.33. The van der Waals surface area contributed by atoms with Crippen molar-refractivity contribution in [3.8, 4) is 0 Å². The zero-order valence-corrected chi connectivity index (χ0v) is 16.1. The second kappa shape index (κ2) is 8.33. The minimum atomic E-state index is -0.472. The summed E-state index contributed by atoms with van der Waals surface area (Å²) in [7, 11) is 0. The number of rotatable bonds is 6. The lowest BCUT2D eigenvalue weighted by molar-refractivity contribution is -0.141. The number of hydrogen-bond acceptors (Lipinski definition) is 3. The molecule has 1 aliphatic carbocycles. The van der Waals surface area contributed by atoms with Crippen LogP contribution in [0, 0.1) is 5.41 Å². The summed E-state index contributed by atoms with van der Waals surface area (Å²) >= 11 is 0. The highest BCUT2D eigenvalue weighted by molar-refractivity contribution is 6.06. The number of likely N-dealkylation sites (tertiary alicyclic amines) is 1. The average Bonchev–Trinajstić information content (AvgIpc) is 2.82. The summed E-state index contributed by atoms with van der Waals surface area (Å²) < 4.78 is 0. The number of hydrogen-bond donors (Lipinski definition) is 0. The predicted octanol–water partition coefficient (Wildman–Crippen LogP) is 3.07. The van der Waals surface area contributed by atoms with Gasteiger partial charge in [-0.1, -0.05) is 38.1 Å². The average molecular weight is 365 g/mol. The number of benzene rings is 1. The molecule has 1 aliphatic heterocycles. The molecule has 5 heteroatoms. The SMILES string of the molecule is CCN(CC)CCCN1C(=O)CC2(CCc3ccccc3C2)C1=O.Cl. The summed E-state index contributed by atoms with van der Waals surface area (Å²) in [6.07, 6.45) is 3.70. The Morgan fingerprint density at radius 2 is 1.76 bits per heavy atom. The summed E-state index contributed by atoms with van der Waals surface area (Å²) in [5, 5.41) is 0. The Bertz CT molecular complexity index is 630. The van der Waals surface area contributed by atoms with E-state index >= 15 is 0 Å². The topological polar surface area (TPSA) is 40.6 Å². The molecule has 3 rings (SSSR count). The zero-order chi connectivity index (χ0) is 17.2. The van der Waals surface area contributed by atoms with E-state index in [1.165, 1.54) is 16.0 Å². The third kappa shape index (κ3) is 3.90. The van der Waals surface area contributed by atoms with Crippen molar-refractivity contribution in [1.82, 2.24) is 9.80 Å². The van der Waals surface area contributed by atoms with Crippen molar-refractivity contribution in [3.63, 3.8) is 0 Å². The van der Waals surface area contributed by atoms with Gasteiger partial charge in [-0.3, -0.25) is 14.5 Å². The van der Waals surface area contributed by atoms with E-state index in [2.05, 4.69) is 36.9 Å². The number of carbonyl (C=O) groups is 2. The van der Waals surface area contributed by atoms with Crippen molar-refractivity contribution >= 4 is 24.2 Å². The maximum atomic E-state index is 13.0. The summed E-state index contributed by atoms with van der Waals surface area (Å²) in [5.41, 5.74) is 2.11. The highest BCUT2D eigenvalue weighted by Crippen LogP contribution is 2.44. The fraction of sp³-hybridized carbons (Fsp3) is 0.600. The predicted molar refractivity (Wildman–Crippen MR) is 102 cm³/mol. The van der Waals surface area contributed by atoms with Gasteiger partial charge in [0, 0.05) is 13.0 Å². The van der Waals surface area contributed by atoms with Gasteiger partial charge in [0.1, 0.15) is 0 Å². The van der Waals surface area contributed by atoms with Crippen LogP contribution in [0.15, 0.2) is 24.3 Å². The normalized spacial score (nSPS) is 22.4. The molecule has 1 unspecified atom stereocenters. The monoisotopic (exact) mass is 364 g/mol. The van der Waals surface area contributed by atoms with E-state index in [1.807, 2.05) is 6.07 Å². The Balaban J connectivity index is 0.00000225. The molecule has 4 nitrogen and oxygen atoms in total. The number of imide groups is 1. The molecular formula is C20H29ClN2O2. The standard InChI is InChI=1S/C20H28N2O2.ClH/c1-3-21(4-2)12-7-13-22-18(23)15-20(19(22)24)11-10-16-8-5-6-9-17(16)14-20;/h5-6,8-9H,3-4,7,10-15H2,1-2H3;1H. The van der Waals surface area contributed by atoms with Crippen LogP contribution in [-0.2, 0) is 22.4 Å². The van der Waals surface area contributed by atoms with Gasteiger partial charge in [0.15, 0.2) is 0 Å². The van der Waals surface area contributed by atoms with Crippen LogP contribution in [-0.4, -0.2) is 47.8 Å². The van der Waals surface area contributed by atoms with E-state index in [9.17, 15) is 9.59 Å². The van der Waals surface area contributed by atoms with Crippen molar-refractivity contribution in [3.05, 3.63) is 35.4 Å². The van der Waals surface area contributed by atoms with Crippen LogP contribution in [0.4, 0.5) is 0 Å². The second-order valence-corrected chi connectivity index (χ2v) is 7.13. The van der Waals surface area contributed by atoms with E-state index < -0.39 is 5.41 Å². The van der Waals surface area contributed by atoms with Gasteiger partial charge in [-0.05, 0) is 56.4 Å². The number of carbonyl (C=O) groups excluding carboxylic acids is 2. The fourth-order valence-corrected chi connectivity index (χ4v) is 4.21. The number of aryl methyl sites for hydroxylation is 1. The third-order valence-electron chi connectivity index (χ3n) is 5.76. The lowest BCUT2D eigenvalue weighted by atomic mass is 9.70. The van der Waals surface area contributed by atoms with Gasteiger partial charge in [-0.25, -0.2) is 0 Å². The van der Waals surface area contributed by atoms with Crippen LogP contribution < -0.4 is 0 Å². The lowest BCUT2D eigenvalue weighted by Gasteiger charge is -2.32. The van der Waals surface area contributed by atoms with Crippen LogP contribution >= 0.6 is 12.4 Å². The summed E-state index contributed by atoms with van der Waals surface area (Å²) in [6.45, 7) is 7.82. The zero-order valence-electron chi connectivity index (χ0n) is 15.3. The van der Waals surface area contributed by atoms with Crippen molar-refractivity contribution in [1.29, 1.82) is 0 Å². The first-order chi connectivity index (χ1) is 11.6. The number of amides is 2. The minimum absolute atomic E-state index is 0. The van der Waals surface area contributed by atoms with E-state index in [0.29, 0.717) is 13.0 Å². The lowest BCUT2D eigenvalue weighted by Crippen LogP contribution is -2.40. The smallest absolute Gasteiger partial charge is 0.236 e. The molecule has 1 fully saturated rings. The summed E-state index contributed by atoms with van der Waals surface area (Å²) in [4.78, 5) is 29.4. The first-order valence-corrected chi connectivity index (χ1v) is 9.23. The Hall–Kier alpha value is -1.39. The van der Waals surface area contributed by atoms with Gasteiger partial charge in [0.25, 0.3) is 0 Å². The van der Waals surface area contributed by atoms with Gasteiger partial charge in [-0.2, -0.15) is 0 Å². The quantitative estimate of drug-likeness (QED) is 0.728. The summed E-state index contributed by atoms with van der Waals surface area (Å²) in [5.74, 6) is 0.0977. The van der Waals surface area contributed by atoms with Crippen LogP contribution in [0.25, 0.3) is 0 Å². The van der Waals surface area contributed by atoms with Gasteiger partial charge >= 0.3 is 0 Å². The van der Waals surface area contributed by atoms with Crippen molar-refractivity contribution in [2.75, 3.05) is 26.2 Å². The fourth-order valence-electron chi connectivity index (χ4n) is 4.21. The van der Waals surface area contributed by atoms with Crippen molar-refractivity contribution in [2.24, 2.45) is 5.41 Å². The number of fused-ring (bicyclic) bond motifs is 1. The molecule has 1 saturated heterocycles. The van der Waals surface area contributed by atoms with Gasteiger partial charge in [-0.15, -0.1) is 12.4 Å². The van der Waals surface area contributed by atoms with Gasteiger partial charge in [0.05, 0.1) is 5.41 Å². The van der Waals surface area contributed by atoms with Gasteiger partial charge in [0.2, 0.25) is 11.8 Å². The number of nitrogens with zero attached hydrogens (tertiary/aromatic N) is 2. The highest BCUT2D eigenvalue weighted by atomic mass is 35.5.